The third-order valence-electron chi connectivity index (χ3n) is 9.83. The molecule has 6 heteroatoms. The molecular formula is C49H55GeIrN3O-2. The Labute approximate surface area is 345 Å². The summed E-state index contributed by atoms with van der Waals surface area (Å²) in [6.07, 6.45) is 6.26. The van der Waals surface area contributed by atoms with Crippen molar-refractivity contribution in [1.29, 1.82) is 0 Å². The molecule has 4 nitrogen and oxygen atoms in total. The molecule has 7 aromatic rings. The van der Waals surface area contributed by atoms with Crippen LogP contribution in [0.15, 0.2) is 89.6 Å². The van der Waals surface area contributed by atoms with Gasteiger partial charge in [-0.25, -0.2) is 4.98 Å². The average Bonchev–Trinajstić information content (AvgIpc) is 3.45. The van der Waals surface area contributed by atoms with E-state index >= 15 is 0 Å². The summed E-state index contributed by atoms with van der Waals surface area (Å²) in [7, 11) is 0. The second-order valence-electron chi connectivity index (χ2n) is 17.6. The van der Waals surface area contributed by atoms with Crippen LogP contribution in [0.25, 0.3) is 55.8 Å². The van der Waals surface area contributed by atoms with E-state index in [0.29, 0.717) is 17.0 Å². The van der Waals surface area contributed by atoms with Crippen LogP contribution in [-0.4, -0.2) is 28.2 Å². The summed E-state index contributed by atoms with van der Waals surface area (Å²) in [6, 6.07) is 31.9. The van der Waals surface area contributed by atoms with Crippen molar-refractivity contribution < 1.29 is 24.5 Å². The number of hydrogen-bond donors (Lipinski definition) is 0. The zero-order valence-electron chi connectivity index (χ0n) is 34.7. The Bertz CT molecular complexity index is 2410. The van der Waals surface area contributed by atoms with E-state index < -0.39 is 13.3 Å². The number of benzene rings is 3. The molecule has 0 unspecified atom stereocenters. The fourth-order valence-corrected chi connectivity index (χ4v) is 10.7. The van der Waals surface area contributed by atoms with Crippen molar-refractivity contribution in [3.8, 4) is 33.8 Å². The fourth-order valence-electron chi connectivity index (χ4n) is 7.43. The van der Waals surface area contributed by atoms with Gasteiger partial charge >= 0.3 is 132 Å². The van der Waals surface area contributed by atoms with Gasteiger partial charge in [0.2, 0.25) is 5.71 Å². The number of rotatable bonds is 7. The molecule has 1 radical (unpaired) electrons. The van der Waals surface area contributed by atoms with E-state index in [1.165, 1.54) is 43.3 Å². The maximum atomic E-state index is 6.14. The number of pyridine rings is 3. The molecule has 0 bridgehead atoms. The molecule has 7 rings (SSSR count). The molecule has 0 aliphatic heterocycles. The molecule has 55 heavy (non-hydrogen) atoms. The van der Waals surface area contributed by atoms with Crippen molar-refractivity contribution >= 4 is 39.7 Å². The second-order valence-corrected chi connectivity index (χ2v) is 28.2. The summed E-state index contributed by atoms with van der Waals surface area (Å²) in [6.45, 7) is 20.0. The molecule has 0 saturated carbocycles. The van der Waals surface area contributed by atoms with E-state index in [4.69, 9.17) is 19.4 Å². The zero-order valence-corrected chi connectivity index (χ0v) is 39.2. The van der Waals surface area contributed by atoms with E-state index in [1.54, 1.807) is 0 Å². The van der Waals surface area contributed by atoms with E-state index in [1.807, 2.05) is 30.5 Å². The normalized spacial score (nSPS) is 11.8. The van der Waals surface area contributed by atoms with Gasteiger partial charge < -0.3 is 9.40 Å². The number of aryl methyl sites for hydroxylation is 4. The average molecular weight is 967 g/mol. The molecule has 0 spiro atoms. The van der Waals surface area contributed by atoms with E-state index in [2.05, 4.69) is 146 Å². The van der Waals surface area contributed by atoms with Crippen LogP contribution in [0, 0.1) is 51.2 Å². The minimum atomic E-state index is -1.90. The molecular weight excluding hydrogens is 911 g/mol. The van der Waals surface area contributed by atoms with Crippen LogP contribution in [0.1, 0.15) is 68.0 Å². The van der Waals surface area contributed by atoms with Gasteiger partial charge in [0.15, 0.2) is 0 Å². The molecule has 287 valence electrons. The molecule has 3 aromatic carbocycles. The van der Waals surface area contributed by atoms with Crippen molar-refractivity contribution in [2.75, 3.05) is 0 Å². The summed E-state index contributed by atoms with van der Waals surface area (Å²) in [5.41, 5.74) is 15.7. The van der Waals surface area contributed by atoms with Gasteiger partial charge in [0, 0.05) is 37.3 Å². The molecule has 0 fully saturated rings. The Hall–Kier alpha value is -3.90. The monoisotopic (exact) mass is 968 g/mol. The number of hydrogen-bond acceptors (Lipinski definition) is 4. The number of fused-ring (bicyclic) bond motifs is 3. The predicted molar refractivity (Wildman–Crippen MR) is 231 cm³/mol. The predicted octanol–water partition coefficient (Wildman–Crippen LogP) is 12.6. The first-order valence-electron chi connectivity index (χ1n) is 19.2. The fraction of sp³-hybridized carbons (Fsp3) is 0.327. The Balaban J connectivity index is 0.000000229. The van der Waals surface area contributed by atoms with Gasteiger partial charge in [0.1, 0.15) is 0 Å². The van der Waals surface area contributed by atoms with Gasteiger partial charge in [0.25, 0.3) is 0 Å². The number of aromatic nitrogens is 3. The molecule has 4 heterocycles. The van der Waals surface area contributed by atoms with Crippen LogP contribution >= 0.6 is 0 Å². The van der Waals surface area contributed by atoms with Crippen LogP contribution in [0.2, 0.25) is 17.3 Å². The molecule has 0 aliphatic carbocycles. The standard InChI is InChI=1S/C30H29N2O.C19H26GeN.Ir/c1-17(2)11-23-15-27(31-16-21(23)6)22-7-10-28-25(14-22)24-8-9-26(32-30(24)33-28)29-19(4)12-18(3)13-20(29)5;1-19(2,3)13-16-12-18(15-10-8-7-9-11-15)21-14-17(16)20(4,5)6;/h8-10,12-17H,11H2,1-6H3;7-10,12,14H,13H2,1-6H3;/q2*-1;. The van der Waals surface area contributed by atoms with Gasteiger partial charge in [-0.05, 0) is 74.6 Å². The quantitative estimate of drug-likeness (QED) is 0.118. The minimum absolute atomic E-state index is 0. The van der Waals surface area contributed by atoms with Crippen molar-refractivity contribution in [3.05, 3.63) is 131 Å². The topological polar surface area (TPSA) is 51.8 Å². The van der Waals surface area contributed by atoms with E-state index in [9.17, 15) is 0 Å². The molecule has 4 aromatic heterocycles. The minimum Gasteiger partial charge on any atom is -0.486 e. The summed E-state index contributed by atoms with van der Waals surface area (Å²) in [4.78, 5) is 14.3. The van der Waals surface area contributed by atoms with Crippen molar-refractivity contribution in [1.82, 2.24) is 15.0 Å². The number of furan rings is 1. The summed E-state index contributed by atoms with van der Waals surface area (Å²) in [5, 5.41) is 2.06. The van der Waals surface area contributed by atoms with Crippen molar-refractivity contribution in [3.63, 3.8) is 0 Å². The molecule has 0 aliphatic rings. The largest absolute Gasteiger partial charge is 0.486 e. The Morgan fingerprint density at radius 3 is 2.04 bits per heavy atom. The van der Waals surface area contributed by atoms with Gasteiger partial charge in [-0.1, -0.05) is 48.6 Å². The maximum Gasteiger partial charge on any atom is 0.216 e. The van der Waals surface area contributed by atoms with Crippen LogP contribution in [-0.2, 0) is 32.9 Å². The number of nitrogens with zero attached hydrogens (tertiary/aromatic N) is 3. The molecule has 0 atom stereocenters. The van der Waals surface area contributed by atoms with E-state index in [-0.39, 0.29) is 20.1 Å². The molecule has 0 saturated heterocycles. The summed E-state index contributed by atoms with van der Waals surface area (Å²) in [5.74, 6) is 7.93. The van der Waals surface area contributed by atoms with Crippen LogP contribution in [0.3, 0.4) is 0 Å². The van der Waals surface area contributed by atoms with Crippen LogP contribution in [0.5, 0.6) is 0 Å². The Morgan fingerprint density at radius 1 is 0.727 bits per heavy atom. The van der Waals surface area contributed by atoms with E-state index in [0.717, 1.165) is 57.4 Å². The van der Waals surface area contributed by atoms with Gasteiger partial charge in [0.05, 0.1) is 11.3 Å². The third-order valence-corrected chi connectivity index (χ3v) is 14.2. The van der Waals surface area contributed by atoms with Crippen molar-refractivity contribution in [2.45, 2.75) is 92.4 Å². The van der Waals surface area contributed by atoms with Gasteiger partial charge in [-0.2, -0.15) is 0 Å². The van der Waals surface area contributed by atoms with Crippen LogP contribution < -0.4 is 4.40 Å². The smallest absolute Gasteiger partial charge is 0.216 e. The second kappa shape index (κ2) is 17.1. The Kier molecular flexibility index (Phi) is 13.1. The first-order chi connectivity index (χ1) is 25.5. The zero-order chi connectivity index (χ0) is 38.9. The first-order valence-corrected chi connectivity index (χ1v) is 26.6. The third kappa shape index (κ3) is 10.1. The van der Waals surface area contributed by atoms with Gasteiger partial charge in [-0.15, -0.1) is 23.8 Å². The maximum absolute atomic E-state index is 6.14. The Morgan fingerprint density at radius 2 is 1.40 bits per heavy atom. The molecule has 0 N–H and O–H groups in total. The summed E-state index contributed by atoms with van der Waals surface area (Å²) >= 11 is -1.90. The van der Waals surface area contributed by atoms with Gasteiger partial charge in [-0.3, -0.25) is 0 Å². The SMILES string of the molecule is CC(C)(C)Cc1cc(-c2[c-]cccc2)nc[c]1[Ge]([CH3])([CH3])[CH3].Cc1cc(C)c(-c2ccc3c(n2)oc2c[c-]c(-c4cc(CC(C)C)c(C)cn4)cc23)c(C)c1.[Ir]. The molecule has 0 amide bonds. The summed E-state index contributed by atoms with van der Waals surface area (Å²) < 4.78 is 7.67. The van der Waals surface area contributed by atoms with Crippen molar-refractivity contribution in [2.24, 2.45) is 11.3 Å². The first kappa shape index (κ1) is 42.2. The van der Waals surface area contributed by atoms with Crippen LogP contribution in [0.4, 0.5) is 0 Å².